The second-order valence-electron chi connectivity index (χ2n) is 6.30. The molecule has 0 amide bonds. The third kappa shape index (κ3) is 2.95. The Labute approximate surface area is 143 Å². The van der Waals surface area contributed by atoms with E-state index >= 15 is 0 Å². The average molecular weight is 346 g/mol. The molecular formula is C16H22N6OS. The lowest BCUT2D eigenvalue weighted by molar-refractivity contribution is 0.580. The third-order valence-corrected chi connectivity index (χ3v) is 6.24. The SMILES string of the molecule is CC1CN(c2nc(N3CCNCC3)nc3cccnc23)CCS1=O. The van der Waals surface area contributed by atoms with Crippen LogP contribution in [-0.4, -0.2) is 69.4 Å². The highest BCUT2D eigenvalue weighted by atomic mass is 32.2. The highest BCUT2D eigenvalue weighted by molar-refractivity contribution is 7.85. The highest BCUT2D eigenvalue weighted by Gasteiger charge is 2.26. The van der Waals surface area contributed by atoms with Gasteiger partial charge in [-0.2, -0.15) is 4.98 Å². The molecule has 0 bridgehead atoms. The molecule has 2 unspecified atom stereocenters. The van der Waals surface area contributed by atoms with E-state index in [2.05, 4.69) is 20.1 Å². The maximum absolute atomic E-state index is 12.0. The van der Waals surface area contributed by atoms with Crippen LogP contribution in [0, 0.1) is 0 Å². The van der Waals surface area contributed by atoms with Crippen molar-refractivity contribution in [2.45, 2.75) is 12.2 Å². The fourth-order valence-electron chi connectivity index (χ4n) is 3.24. The molecule has 8 heteroatoms. The molecule has 1 N–H and O–H groups in total. The molecule has 2 aromatic rings. The minimum absolute atomic E-state index is 0.148. The van der Waals surface area contributed by atoms with Crippen molar-refractivity contribution in [2.75, 3.05) is 54.8 Å². The first kappa shape index (κ1) is 15.7. The maximum Gasteiger partial charge on any atom is 0.228 e. The molecule has 2 atom stereocenters. The van der Waals surface area contributed by atoms with Gasteiger partial charge in [0.25, 0.3) is 0 Å². The number of piperazine rings is 1. The van der Waals surface area contributed by atoms with Gasteiger partial charge in [0.15, 0.2) is 5.82 Å². The zero-order valence-electron chi connectivity index (χ0n) is 13.8. The summed E-state index contributed by atoms with van der Waals surface area (Å²) in [7, 11) is -0.747. The molecule has 24 heavy (non-hydrogen) atoms. The lowest BCUT2D eigenvalue weighted by Gasteiger charge is -2.33. The zero-order chi connectivity index (χ0) is 16.5. The van der Waals surface area contributed by atoms with Gasteiger partial charge in [-0.1, -0.05) is 0 Å². The standard InChI is InChI=1S/C16H22N6OS/c1-12-11-22(9-10-24(12)23)15-14-13(3-2-4-18-14)19-16(20-15)21-7-5-17-6-8-21/h2-4,12,17H,5-11H2,1H3. The third-order valence-electron chi connectivity index (χ3n) is 4.61. The number of nitrogens with one attached hydrogen (secondary N) is 1. The van der Waals surface area contributed by atoms with Gasteiger partial charge >= 0.3 is 0 Å². The summed E-state index contributed by atoms with van der Waals surface area (Å²) in [5, 5.41) is 3.50. The number of hydrogen-bond acceptors (Lipinski definition) is 7. The van der Waals surface area contributed by atoms with Crippen LogP contribution in [0.4, 0.5) is 11.8 Å². The predicted molar refractivity (Wildman–Crippen MR) is 97.1 cm³/mol. The average Bonchev–Trinajstić information content (AvgIpc) is 2.64. The Morgan fingerprint density at radius 1 is 1.21 bits per heavy atom. The van der Waals surface area contributed by atoms with Crippen molar-refractivity contribution in [1.82, 2.24) is 20.3 Å². The van der Waals surface area contributed by atoms with Crippen LogP contribution >= 0.6 is 0 Å². The zero-order valence-corrected chi connectivity index (χ0v) is 14.6. The normalized spacial score (nSPS) is 25.2. The van der Waals surface area contributed by atoms with E-state index in [1.54, 1.807) is 6.20 Å². The van der Waals surface area contributed by atoms with Crippen molar-refractivity contribution in [3.63, 3.8) is 0 Å². The Kier molecular flexibility index (Phi) is 4.32. The molecule has 0 spiro atoms. The molecule has 4 heterocycles. The summed E-state index contributed by atoms with van der Waals surface area (Å²) in [5.74, 6) is 2.33. The summed E-state index contributed by atoms with van der Waals surface area (Å²) >= 11 is 0. The molecular weight excluding hydrogens is 324 g/mol. The number of rotatable bonds is 2. The molecule has 2 saturated heterocycles. The molecule has 2 aliphatic heterocycles. The largest absolute Gasteiger partial charge is 0.353 e. The second-order valence-corrected chi connectivity index (χ2v) is 8.27. The lowest BCUT2D eigenvalue weighted by Crippen LogP contribution is -2.45. The number of nitrogens with zero attached hydrogens (tertiary/aromatic N) is 5. The Morgan fingerprint density at radius 2 is 2.04 bits per heavy atom. The van der Waals surface area contributed by atoms with Gasteiger partial charge in [0.05, 0.1) is 5.52 Å². The van der Waals surface area contributed by atoms with E-state index in [9.17, 15) is 4.21 Å². The Balaban J connectivity index is 1.76. The summed E-state index contributed by atoms with van der Waals surface area (Å²) in [6.07, 6.45) is 1.78. The fourth-order valence-corrected chi connectivity index (χ4v) is 4.39. The van der Waals surface area contributed by atoms with Crippen LogP contribution < -0.4 is 15.1 Å². The quantitative estimate of drug-likeness (QED) is 0.843. The van der Waals surface area contributed by atoms with Crippen LogP contribution in [0.2, 0.25) is 0 Å². The number of anilines is 2. The number of aromatic nitrogens is 3. The Bertz CT molecular complexity index is 763. The van der Waals surface area contributed by atoms with E-state index in [1.807, 2.05) is 19.1 Å². The highest BCUT2D eigenvalue weighted by Crippen LogP contribution is 2.27. The topological polar surface area (TPSA) is 74.2 Å². The van der Waals surface area contributed by atoms with Crippen LogP contribution in [0.3, 0.4) is 0 Å². The first-order valence-corrected chi connectivity index (χ1v) is 9.81. The molecule has 0 aromatic carbocycles. The van der Waals surface area contributed by atoms with Crippen molar-refractivity contribution in [2.24, 2.45) is 0 Å². The van der Waals surface area contributed by atoms with Gasteiger partial charge in [-0.05, 0) is 19.1 Å². The van der Waals surface area contributed by atoms with Gasteiger partial charge in [0.2, 0.25) is 5.95 Å². The Morgan fingerprint density at radius 3 is 2.83 bits per heavy atom. The summed E-state index contributed by atoms with van der Waals surface area (Å²) in [4.78, 5) is 18.5. The van der Waals surface area contributed by atoms with Crippen molar-refractivity contribution < 1.29 is 4.21 Å². The van der Waals surface area contributed by atoms with E-state index in [0.29, 0.717) is 5.75 Å². The first-order valence-electron chi connectivity index (χ1n) is 8.43. The minimum Gasteiger partial charge on any atom is -0.353 e. The van der Waals surface area contributed by atoms with Crippen molar-refractivity contribution in [3.8, 4) is 0 Å². The van der Waals surface area contributed by atoms with E-state index in [-0.39, 0.29) is 5.25 Å². The molecule has 2 aliphatic rings. The smallest absolute Gasteiger partial charge is 0.228 e. The van der Waals surface area contributed by atoms with Crippen LogP contribution in [-0.2, 0) is 10.8 Å². The monoisotopic (exact) mass is 346 g/mol. The van der Waals surface area contributed by atoms with E-state index < -0.39 is 10.8 Å². The molecule has 2 fully saturated rings. The second kappa shape index (κ2) is 6.60. The molecule has 128 valence electrons. The molecule has 2 aromatic heterocycles. The minimum atomic E-state index is -0.747. The predicted octanol–water partition coefficient (Wildman–Crippen LogP) is 0.392. The van der Waals surface area contributed by atoms with Crippen molar-refractivity contribution >= 4 is 33.6 Å². The molecule has 4 rings (SSSR count). The number of pyridine rings is 1. The van der Waals surface area contributed by atoms with Gasteiger partial charge in [0, 0.05) is 67.3 Å². The summed E-state index contributed by atoms with van der Waals surface area (Å²) in [5.41, 5.74) is 1.70. The summed E-state index contributed by atoms with van der Waals surface area (Å²) in [6, 6.07) is 3.90. The van der Waals surface area contributed by atoms with Crippen LogP contribution in [0.25, 0.3) is 11.0 Å². The van der Waals surface area contributed by atoms with Crippen molar-refractivity contribution in [1.29, 1.82) is 0 Å². The van der Waals surface area contributed by atoms with Crippen LogP contribution in [0.5, 0.6) is 0 Å². The lowest BCUT2D eigenvalue weighted by atomic mass is 10.3. The molecule has 0 saturated carbocycles. The van der Waals surface area contributed by atoms with Gasteiger partial charge < -0.3 is 15.1 Å². The molecule has 0 radical (unpaired) electrons. The van der Waals surface area contributed by atoms with E-state index in [4.69, 9.17) is 9.97 Å². The molecule has 7 nitrogen and oxygen atoms in total. The van der Waals surface area contributed by atoms with Gasteiger partial charge in [0.1, 0.15) is 5.52 Å². The first-order chi connectivity index (χ1) is 11.7. The van der Waals surface area contributed by atoms with Crippen molar-refractivity contribution in [3.05, 3.63) is 18.3 Å². The Hall–Kier alpha value is -1.80. The van der Waals surface area contributed by atoms with E-state index in [1.165, 1.54) is 0 Å². The maximum atomic E-state index is 12.0. The van der Waals surface area contributed by atoms with Gasteiger partial charge in [-0.15, -0.1) is 0 Å². The number of fused-ring (bicyclic) bond motifs is 1. The summed E-state index contributed by atoms with van der Waals surface area (Å²) < 4.78 is 12.0. The fraction of sp³-hybridized carbons (Fsp3) is 0.562. The van der Waals surface area contributed by atoms with Gasteiger partial charge in [-0.3, -0.25) is 9.19 Å². The molecule has 0 aliphatic carbocycles. The van der Waals surface area contributed by atoms with Gasteiger partial charge in [-0.25, -0.2) is 4.98 Å². The number of hydrogen-bond donors (Lipinski definition) is 1. The van der Waals surface area contributed by atoms with Crippen LogP contribution in [0.1, 0.15) is 6.92 Å². The summed E-state index contributed by atoms with van der Waals surface area (Å²) in [6.45, 7) is 7.25. The van der Waals surface area contributed by atoms with Crippen LogP contribution in [0.15, 0.2) is 18.3 Å². The van der Waals surface area contributed by atoms with E-state index in [0.717, 1.165) is 62.1 Å².